The van der Waals surface area contributed by atoms with Crippen LogP contribution in [0.4, 0.5) is 19.2 Å². The molecule has 45 heavy (non-hydrogen) atoms. The normalized spacial score (nSPS) is 21.5. The number of carbonyl (C=O) groups is 8. The van der Waals surface area contributed by atoms with Gasteiger partial charge in [-0.3, -0.25) is 21.3 Å². The maximum absolute atomic E-state index is 10.4. The standard InChI is InChI=1S/4C5H4N2O4.Li/c4*8-1-2-3(4(9)10)7-5(11)6-2;/h4*3H,(H,9,10)(H2,6,7,11);/q;;;;+4/p-4. The van der Waals surface area contributed by atoms with Gasteiger partial charge in [0.1, 0.15) is 70.7 Å². The summed E-state index contributed by atoms with van der Waals surface area (Å²) in [4.78, 5) is 122. The summed E-state index contributed by atoms with van der Waals surface area (Å²) in [7, 11) is 0. The maximum Gasteiger partial charge on any atom is 4.00 e. The van der Waals surface area contributed by atoms with Gasteiger partial charge in [0.05, 0.1) is 23.9 Å². The molecule has 4 atom stereocenters. The molecule has 4 unspecified atom stereocenters. The first-order valence-electron chi connectivity index (χ1n) is 10.7. The van der Waals surface area contributed by atoms with Gasteiger partial charge in [0.15, 0.2) is 0 Å². The fourth-order valence-corrected chi connectivity index (χ4v) is 2.78. The van der Waals surface area contributed by atoms with Crippen LogP contribution in [0.2, 0.25) is 0 Å². The molecule has 8 N–H and O–H groups in total. The van der Waals surface area contributed by atoms with E-state index in [2.05, 4.69) is 0 Å². The van der Waals surface area contributed by atoms with Gasteiger partial charge in [-0.2, -0.15) is 0 Å². The van der Waals surface area contributed by atoms with Crippen LogP contribution in [-0.2, 0) is 38.4 Å². The van der Waals surface area contributed by atoms with E-state index < -0.39 is 72.2 Å². The number of hydrogen-bond acceptors (Lipinski definition) is 16. The third kappa shape index (κ3) is 10.9. The SMILES string of the molecule is O=C=C1NC(=O)NC1C(=O)[O-].O=C=C1NC(=O)NC1C(=O)[O-].O=C=C1NC(=O)NC1C(=O)[O-].O=C=C1NC(=O)NC1C(=O)[O-].[Li+4]. The number of hydrogen-bond donors (Lipinski definition) is 8. The molecule has 0 aromatic carbocycles. The quantitative estimate of drug-likeness (QED) is 0.106. The van der Waals surface area contributed by atoms with E-state index in [0.717, 1.165) is 0 Å². The van der Waals surface area contributed by atoms with Crippen LogP contribution in [0, 0.1) is 0 Å². The number of carbonyl (C=O) groups excluding carboxylic acids is 12. The van der Waals surface area contributed by atoms with Gasteiger partial charge in [0, 0.05) is 0 Å². The molecule has 229 valence electrons. The van der Waals surface area contributed by atoms with Crippen molar-refractivity contribution in [3.8, 4) is 0 Å². The Morgan fingerprint density at radius 2 is 0.578 bits per heavy atom. The van der Waals surface area contributed by atoms with Crippen LogP contribution >= 0.6 is 0 Å². The zero-order valence-electron chi connectivity index (χ0n) is 21.8. The summed E-state index contributed by atoms with van der Waals surface area (Å²) >= 11 is 0. The summed E-state index contributed by atoms with van der Waals surface area (Å²) in [5.74, 6) is -1.05. The van der Waals surface area contributed by atoms with Crippen molar-refractivity contribution >= 4 is 90.6 Å². The first kappa shape index (κ1) is 38.4. The summed E-state index contributed by atoms with van der Waals surface area (Å²) in [5.41, 5.74) is -1.41. The molecule has 4 aliphatic rings. The van der Waals surface area contributed by atoms with Gasteiger partial charge in [-0.1, -0.05) is 0 Å². The molecule has 8 amide bonds. The smallest absolute Gasteiger partial charge is 0.547 e. The van der Waals surface area contributed by atoms with E-state index in [4.69, 9.17) is 0 Å². The topological polar surface area (TPSA) is 393 Å². The van der Waals surface area contributed by atoms with Crippen molar-refractivity contribution in [1.29, 1.82) is 0 Å². The Kier molecular flexibility index (Phi) is 14.8. The van der Waals surface area contributed by atoms with Crippen molar-refractivity contribution in [2.75, 3.05) is 0 Å². The van der Waals surface area contributed by atoms with E-state index in [0.29, 0.717) is 0 Å². The van der Waals surface area contributed by atoms with Crippen LogP contribution in [0.5, 0.6) is 0 Å². The average molecular weight is 627 g/mol. The molecule has 25 heteroatoms. The Morgan fingerprint density at radius 1 is 0.422 bits per heavy atom. The third-order valence-electron chi connectivity index (χ3n) is 4.63. The maximum atomic E-state index is 10.4. The van der Waals surface area contributed by atoms with E-state index >= 15 is 0 Å². The largest absolute Gasteiger partial charge is 4.00 e. The molecule has 0 bridgehead atoms. The van der Waals surface area contributed by atoms with Crippen molar-refractivity contribution in [2.45, 2.75) is 24.2 Å². The minimum absolute atomic E-state index is 0. The molecule has 4 aliphatic heterocycles. The summed E-state index contributed by atoms with van der Waals surface area (Å²) in [6.07, 6.45) is 0. The molecule has 24 nitrogen and oxygen atoms in total. The predicted octanol–water partition coefficient (Wildman–Crippen LogP) is -11.8. The molecular weight excluding hydrogens is 615 g/mol. The number of carboxylic acids is 4. The number of nitrogens with one attached hydrogen (secondary N) is 8. The molecule has 0 aromatic rings. The molecule has 11 radical (unpaired) electrons. The molecule has 0 spiro atoms. The second-order valence-corrected chi connectivity index (χ2v) is 7.46. The summed E-state index contributed by atoms with van der Waals surface area (Å²) in [6.45, 7) is 0. The average Bonchev–Trinajstić information content (AvgIpc) is 3.73. The molecule has 4 heterocycles. The predicted molar refractivity (Wildman–Crippen MR) is 124 cm³/mol. The number of urea groups is 4. The molecule has 0 aromatic heterocycles. The first-order chi connectivity index (χ1) is 20.6. The van der Waals surface area contributed by atoms with Crippen molar-refractivity contribution in [3.05, 3.63) is 22.8 Å². The number of rotatable bonds is 4. The van der Waals surface area contributed by atoms with Gasteiger partial charge in [-0.25, -0.2) is 38.4 Å². The van der Waals surface area contributed by atoms with Crippen LogP contribution in [-0.4, -0.2) is 115 Å². The van der Waals surface area contributed by atoms with Gasteiger partial charge >= 0.3 is 43.0 Å². The number of carboxylic acid groups (broad SMARTS) is 4. The minimum atomic E-state index is -1.54. The Balaban J connectivity index is 0.000000569. The van der Waals surface area contributed by atoms with Crippen molar-refractivity contribution in [1.82, 2.24) is 42.5 Å². The Morgan fingerprint density at radius 3 is 0.667 bits per heavy atom. The molecule has 0 aliphatic carbocycles. The van der Waals surface area contributed by atoms with E-state index in [9.17, 15) is 78.0 Å². The van der Waals surface area contributed by atoms with E-state index in [1.807, 2.05) is 42.5 Å². The molecule has 4 fully saturated rings. The van der Waals surface area contributed by atoms with Crippen LogP contribution in [0.15, 0.2) is 22.8 Å². The Bertz CT molecular complexity index is 1290. The molecule has 4 saturated heterocycles. The zero-order valence-corrected chi connectivity index (χ0v) is 21.8. The molecular formula is C20H12LiN8O16. The monoisotopic (exact) mass is 627 g/mol. The Hall–Kier alpha value is -6.64. The number of amides is 8. The van der Waals surface area contributed by atoms with E-state index in [-0.39, 0.29) is 41.6 Å². The Labute approximate surface area is 258 Å². The van der Waals surface area contributed by atoms with E-state index in [1.165, 1.54) is 23.8 Å². The van der Waals surface area contributed by atoms with Gasteiger partial charge in [0.25, 0.3) is 0 Å². The first-order valence-corrected chi connectivity index (χ1v) is 10.7. The van der Waals surface area contributed by atoms with Crippen molar-refractivity contribution in [3.63, 3.8) is 0 Å². The van der Waals surface area contributed by atoms with Gasteiger partial charge in [-0.15, -0.1) is 0 Å². The second kappa shape index (κ2) is 17.3. The summed E-state index contributed by atoms with van der Waals surface area (Å²) < 4.78 is 0. The minimum Gasteiger partial charge on any atom is -0.547 e. The van der Waals surface area contributed by atoms with Crippen molar-refractivity contribution < 1.29 is 78.0 Å². The van der Waals surface area contributed by atoms with Crippen LogP contribution in [0.25, 0.3) is 0 Å². The second-order valence-electron chi connectivity index (χ2n) is 7.46. The van der Waals surface area contributed by atoms with E-state index in [1.54, 1.807) is 0 Å². The van der Waals surface area contributed by atoms with Gasteiger partial charge < -0.3 is 60.9 Å². The van der Waals surface area contributed by atoms with Gasteiger partial charge in [0.2, 0.25) is 0 Å². The van der Waals surface area contributed by atoms with Gasteiger partial charge in [-0.05, 0) is 0 Å². The molecule has 4 rings (SSSR count). The number of aliphatic carboxylic acids is 4. The third-order valence-corrected chi connectivity index (χ3v) is 4.63. The fraction of sp³-hybridized carbons (Fsp3) is 0.200. The summed E-state index contributed by atoms with van der Waals surface area (Å²) in [5, 5.41) is 56.2. The van der Waals surface area contributed by atoms with Crippen molar-refractivity contribution in [2.24, 2.45) is 0 Å². The zero-order chi connectivity index (χ0) is 33.7. The summed E-state index contributed by atoms with van der Waals surface area (Å²) in [6, 6.07) is -8.51. The van der Waals surface area contributed by atoms with Crippen LogP contribution < -0.4 is 63.0 Å². The van der Waals surface area contributed by atoms with Crippen LogP contribution in [0.3, 0.4) is 0 Å². The molecule has 0 saturated carbocycles. The fourth-order valence-electron chi connectivity index (χ4n) is 2.78. The van der Waals surface area contributed by atoms with Crippen LogP contribution in [0.1, 0.15) is 0 Å².